The number of nitrogens with one attached hydrogen (secondary N) is 3. The Morgan fingerprint density at radius 3 is 2.30 bits per heavy atom. The van der Waals surface area contributed by atoms with Gasteiger partial charge in [-0.2, -0.15) is 0 Å². The van der Waals surface area contributed by atoms with Gasteiger partial charge in [-0.15, -0.1) is 0 Å². The zero-order chi connectivity index (χ0) is 21.7. The summed E-state index contributed by atoms with van der Waals surface area (Å²) in [7, 11) is 8.02. The van der Waals surface area contributed by atoms with Crippen LogP contribution in [0.25, 0.3) is 0 Å². The molecule has 0 aromatic heterocycles. The van der Waals surface area contributed by atoms with Crippen LogP contribution in [0.15, 0.2) is 42.5 Å². The van der Waals surface area contributed by atoms with Gasteiger partial charge in [-0.25, -0.2) is 0 Å². The molecular formula is C22H29N4O4+. The van der Waals surface area contributed by atoms with E-state index in [9.17, 15) is 9.59 Å². The molecule has 2 aromatic carbocycles. The summed E-state index contributed by atoms with van der Waals surface area (Å²) in [6, 6.07) is 13.3. The fourth-order valence-corrected chi connectivity index (χ4v) is 3.24. The molecule has 0 fully saturated rings. The highest BCUT2D eigenvalue weighted by atomic mass is 16.6. The number of fused-ring (bicyclic) bond motifs is 1. The quantitative estimate of drug-likeness (QED) is 0.600. The zero-order valence-corrected chi connectivity index (χ0v) is 17.8. The van der Waals surface area contributed by atoms with Crippen molar-refractivity contribution in [3.63, 3.8) is 0 Å². The van der Waals surface area contributed by atoms with Crippen LogP contribution in [0.1, 0.15) is 11.6 Å². The largest absolute Gasteiger partial charge is 0.486 e. The SMILES string of the molecule is CN(C)c1ccc([C@H](CNC(=O)C(=O)Nc2ccc3c(c2)OCCO3)[NH+](C)C)cc1. The number of quaternary nitrogens is 1. The highest BCUT2D eigenvalue weighted by molar-refractivity contribution is 6.39. The molecule has 1 atom stereocenters. The van der Waals surface area contributed by atoms with Crippen LogP contribution in [0.4, 0.5) is 11.4 Å². The summed E-state index contributed by atoms with van der Waals surface area (Å²) in [6.45, 7) is 1.29. The molecule has 8 heteroatoms. The maximum atomic E-state index is 12.3. The first-order valence-corrected chi connectivity index (χ1v) is 9.91. The maximum Gasteiger partial charge on any atom is 0.313 e. The van der Waals surface area contributed by atoms with Crippen LogP contribution in [0.3, 0.4) is 0 Å². The fourth-order valence-electron chi connectivity index (χ4n) is 3.24. The van der Waals surface area contributed by atoms with Gasteiger partial charge >= 0.3 is 11.8 Å². The van der Waals surface area contributed by atoms with Crippen molar-refractivity contribution in [1.82, 2.24) is 5.32 Å². The van der Waals surface area contributed by atoms with E-state index < -0.39 is 11.8 Å². The summed E-state index contributed by atoms with van der Waals surface area (Å²) in [5.41, 5.74) is 2.68. The Labute approximate surface area is 176 Å². The smallest absolute Gasteiger partial charge is 0.313 e. The molecule has 3 rings (SSSR count). The van der Waals surface area contributed by atoms with Crippen molar-refractivity contribution >= 4 is 23.2 Å². The Balaban J connectivity index is 1.59. The van der Waals surface area contributed by atoms with E-state index in [1.165, 1.54) is 0 Å². The molecule has 0 saturated heterocycles. The van der Waals surface area contributed by atoms with E-state index in [2.05, 4.69) is 22.8 Å². The van der Waals surface area contributed by atoms with Gasteiger partial charge in [-0.3, -0.25) is 9.59 Å². The van der Waals surface area contributed by atoms with E-state index >= 15 is 0 Å². The fraction of sp³-hybridized carbons (Fsp3) is 0.364. The van der Waals surface area contributed by atoms with E-state index in [4.69, 9.17) is 9.47 Å². The summed E-state index contributed by atoms with van der Waals surface area (Å²) in [6.07, 6.45) is 0. The maximum absolute atomic E-state index is 12.3. The van der Waals surface area contributed by atoms with Crippen LogP contribution in [0.5, 0.6) is 11.5 Å². The minimum absolute atomic E-state index is 0.0206. The van der Waals surface area contributed by atoms with Crippen LogP contribution in [0, 0.1) is 0 Å². The lowest BCUT2D eigenvalue weighted by molar-refractivity contribution is -0.890. The second-order valence-corrected chi connectivity index (χ2v) is 7.64. The molecule has 0 unspecified atom stereocenters. The lowest BCUT2D eigenvalue weighted by Crippen LogP contribution is -3.07. The first-order chi connectivity index (χ1) is 14.3. The van der Waals surface area contributed by atoms with Crippen molar-refractivity contribution in [2.45, 2.75) is 6.04 Å². The van der Waals surface area contributed by atoms with Crippen molar-refractivity contribution in [1.29, 1.82) is 0 Å². The molecule has 2 aromatic rings. The van der Waals surface area contributed by atoms with Gasteiger partial charge in [0.1, 0.15) is 19.3 Å². The van der Waals surface area contributed by atoms with Gasteiger partial charge < -0.3 is 29.9 Å². The Morgan fingerprint density at radius 1 is 1.00 bits per heavy atom. The molecule has 1 aliphatic rings. The molecule has 8 nitrogen and oxygen atoms in total. The number of hydrogen-bond acceptors (Lipinski definition) is 5. The summed E-state index contributed by atoms with van der Waals surface area (Å²) in [4.78, 5) is 27.8. The summed E-state index contributed by atoms with van der Waals surface area (Å²) >= 11 is 0. The zero-order valence-electron chi connectivity index (χ0n) is 17.8. The Bertz CT molecular complexity index is 897. The predicted molar refractivity (Wildman–Crippen MR) is 115 cm³/mol. The number of carbonyl (C=O) groups excluding carboxylic acids is 2. The predicted octanol–water partition coefficient (Wildman–Crippen LogP) is 0.464. The third kappa shape index (κ3) is 5.21. The van der Waals surface area contributed by atoms with Crippen molar-refractivity contribution < 1.29 is 24.0 Å². The van der Waals surface area contributed by atoms with Crippen LogP contribution in [-0.2, 0) is 9.59 Å². The van der Waals surface area contributed by atoms with E-state index in [1.807, 2.05) is 45.2 Å². The van der Waals surface area contributed by atoms with E-state index in [-0.39, 0.29) is 6.04 Å². The molecule has 1 aliphatic heterocycles. The Kier molecular flexibility index (Phi) is 6.79. The van der Waals surface area contributed by atoms with Crippen molar-refractivity contribution in [2.24, 2.45) is 0 Å². The van der Waals surface area contributed by atoms with Crippen LogP contribution in [-0.4, -0.2) is 59.8 Å². The Morgan fingerprint density at radius 2 is 1.67 bits per heavy atom. The molecule has 0 aliphatic carbocycles. The van der Waals surface area contributed by atoms with E-state index in [0.29, 0.717) is 36.9 Å². The Hall–Kier alpha value is -3.26. The van der Waals surface area contributed by atoms with Crippen LogP contribution >= 0.6 is 0 Å². The highest BCUT2D eigenvalue weighted by Gasteiger charge is 2.22. The second-order valence-electron chi connectivity index (χ2n) is 7.64. The van der Waals surface area contributed by atoms with Gasteiger partial charge in [-0.05, 0) is 24.3 Å². The van der Waals surface area contributed by atoms with Gasteiger partial charge in [0, 0.05) is 37.1 Å². The molecule has 0 saturated carbocycles. The third-order valence-electron chi connectivity index (χ3n) is 4.98. The summed E-state index contributed by atoms with van der Waals surface area (Å²) in [5, 5.41) is 5.35. The first kappa shape index (κ1) is 21.4. The number of anilines is 2. The van der Waals surface area contributed by atoms with E-state index in [0.717, 1.165) is 16.2 Å². The first-order valence-electron chi connectivity index (χ1n) is 9.91. The van der Waals surface area contributed by atoms with Gasteiger partial charge in [-0.1, -0.05) is 12.1 Å². The summed E-state index contributed by atoms with van der Waals surface area (Å²) < 4.78 is 11.0. The standard InChI is InChI=1S/C22H28N4O4/c1-25(2)17-8-5-15(6-9-17)18(26(3)4)14-23-21(27)22(28)24-16-7-10-19-20(13-16)30-12-11-29-19/h5-10,13,18H,11-12,14H2,1-4H3,(H,23,27)(H,24,28)/p+1/t18-/m0/s1. The molecule has 3 N–H and O–H groups in total. The molecule has 30 heavy (non-hydrogen) atoms. The number of hydrogen-bond donors (Lipinski definition) is 3. The van der Waals surface area contributed by atoms with E-state index in [1.54, 1.807) is 18.2 Å². The number of carbonyl (C=O) groups is 2. The molecule has 0 radical (unpaired) electrons. The molecule has 1 heterocycles. The van der Waals surface area contributed by atoms with Gasteiger partial charge in [0.25, 0.3) is 0 Å². The third-order valence-corrected chi connectivity index (χ3v) is 4.98. The minimum atomic E-state index is -0.720. The molecular weight excluding hydrogens is 384 g/mol. The highest BCUT2D eigenvalue weighted by Crippen LogP contribution is 2.32. The number of rotatable bonds is 6. The topological polar surface area (TPSA) is 84.3 Å². The average molecular weight is 413 g/mol. The van der Waals surface area contributed by atoms with Gasteiger partial charge in [0.2, 0.25) is 0 Å². The average Bonchev–Trinajstić information content (AvgIpc) is 2.73. The molecule has 160 valence electrons. The molecule has 0 bridgehead atoms. The second kappa shape index (κ2) is 9.49. The normalized spacial score (nSPS) is 13.5. The van der Waals surface area contributed by atoms with Crippen LogP contribution in [0.2, 0.25) is 0 Å². The lowest BCUT2D eigenvalue weighted by Gasteiger charge is -2.23. The van der Waals surface area contributed by atoms with Gasteiger partial charge in [0.15, 0.2) is 11.5 Å². The monoisotopic (exact) mass is 413 g/mol. The number of benzene rings is 2. The van der Waals surface area contributed by atoms with Crippen molar-refractivity contribution in [3.8, 4) is 11.5 Å². The van der Waals surface area contributed by atoms with Crippen molar-refractivity contribution in [2.75, 3.05) is 58.2 Å². The number of amides is 2. The summed E-state index contributed by atoms with van der Waals surface area (Å²) in [5.74, 6) is -0.221. The molecule has 2 amide bonds. The lowest BCUT2D eigenvalue weighted by atomic mass is 10.1. The number of likely N-dealkylation sites (N-methyl/N-ethyl adjacent to an activating group) is 1. The molecule has 0 spiro atoms. The number of ether oxygens (including phenoxy) is 2. The van der Waals surface area contributed by atoms with Crippen molar-refractivity contribution in [3.05, 3.63) is 48.0 Å². The minimum Gasteiger partial charge on any atom is -0.486 e. The van der Waals surface area contributed by atoms with Gasteiger partial charge in [0.05, 0.1) is 20.6 Å². The van der Waals surface area contributed by atoms with Crippen LogP contribution < -0.4 is 29.9 Å². The number of nitrogens with zero attached hydrogens (tertiary/aromatic N) is 1.